The van der Waals surface area contributed by atoms with Crippen LogP contribution in [-0.4, -0.2) is 52.3 Å². The Morgan fingerprint density at radius 3 is 2.27 bits per heavy atom. The van der Waals surface area contributed by atoms with Gasteiger partial charge in [0.2, 0.25) is 11.8 Å². The molecule has 0 fully saturated rings. The third-order valence-corrected chi connectivity index (χ3v) is 6.96. The topological polar surface area (TPSA) is 103 Å². The molecule has 0 saturated carbocycles. The van der Waals surface area contributed by atoms with Gasteiger partial charge >= 0.3 is 6.16 Å². The second-order valence-electron chi connectivity index (χ2n) is 9.66. The Morgan fingerprint density at radius 1 is 0.878 bits per heavy atom. The van der Waals surface area contributed by atoms with Crippen LogP contribution in [0.3, 0.4) is 0 Å². The molecule has 5 aromatic rings. The summed E-state index contributed by atoms with van der Waals surface area (Å²) in [6, 6.07) is 25.5. The largest absolute Gasteiger partial charge is 0.512 e. The summed E-state index contributed by atoms with van der Waals surface area (Å²) in [5.41, 5.74) is 4.00. The standard InChI is InChI=1S/C32H31N3O6/c1-34(17-16-22-10-5-3-6-11-22)28(36)19-35-25-14-9-15-27(40-20-23-12-7-4-8-13-23)30(25)29-24(21-39-2)31(41-32(37)38)33-18-26(29)35/h3-15,18H,16-17,19-21H2,1-2H3,(H,37,38). The second-order valence-corrected chi connectivity index (χ2v) is 9.66. The molecule has 1 N–H and O–H groups in total. The van der Waals surface area contributed by atoms with Crippen LogP contribution in [0.5, 0.6) is 11.6 Å². The summed E-state index contributed by atoms with van der Waals surface area (Å²) in [6.45, 7) is 0.997. The van der Waals surface area contributed by atoms with Gasteiger partial charge in [-0.1, -0.05) is 66.7 Å². The van der Waals surface area contributed by atoms with Crippen LogP contribution in [0.2, 0.25) is 0 Å². The molecular weight excluding hydrogens is 522 g/mol. The fourth-order valence-corrected chi connectivity index (χ4v) is 4.93. The van der Waals surface area contributed by atoms with Gasteiger partial charge in [0.1, 0.15) is 18.9 Å². The predicted molar refractivity (Wildman–Crippen MR) is 155 cm³/mol. The number of benzene rings is 3. The van der Waals surface area contributed by atoms with E-state index in [9.17, 15) is 14.7 Å². The first kappa shape index (κ1) is 27.7. The average Bonchev–Trinajstić information content (AvgIpc) is 3.30. The zero-order chi connectivity index (χ0) is 28.8. The Labute approximate surface area is 237 Å². The number of ether oxygens (including phenoxy) is 3. The number of fused-ring (bicyclic) bond motifs is 3. The summed E-state index contributed by atoms with van der Waals surface area (Å²) in [6.07, 6.45) is 0.794. The third kappa shape index (κ3) is 6.15. The molecule has 0 unspecified atom stereocenters. The van der Waals surface area contributed by atoms with Gasteiger partial charge in [0.25, 0.3) is 0 Å². The van der Waals surface area contributed by atoms with Gasteiger partial charge in [-0.3, -0.25) is 4.79 Å². The molecule has 0 spiro atoms. The van der Waals surface area contributed by atoms with E-state index in [1.54, 1.807) is 11.9 Å². The van der Waals surface area contributed by atoms with Crippen LogP contribution in [0.15, 0.2) is 85.1 Å². The van der Waals surface area contributed by atoms with Gasteiger partial charge in [0.15, 0.2) is 0 Å². The van der Waals surface area contributed by atoms with Crippen molar-refractivity contribution in [3.05, 3.63) is 102 Å². The van der Waals surface area contributed by atoms with E-state index in [4.69, 9.17) is 14.2 Å². The lowest BCUT2D eigenvalue weighted by molar-refractivity contribution is -0.130. The first-order valence-corrected chi connectivity index (χ1v) is 13.2. The quantitative estimate of drug-likeness (QED) is 0.210. The average molecular weight is 554 g/mol. The molecule has 2 aromatic heterocycles. The van der Waals surface area contributed by atoms with E-state index in [1.807, 2.05) is 83.4 Å². The Balaban J connectivity index is 1.57. The number of carboxylic acid groups (broad SMARTS) is 1. The van der Waals surface area contributed by atoms with Gasteiger partial charge in [-0.2, -0.15) is 0 Å². The lowest BCUT2D eigenvalue weighted by Crippen LogP contribution is -2.31. The van der Waals surface area contributed by atoms with Gasteiger partial charge in [0, 0.05) is 26.1 Å². The SMILES string of the molecule is COCc1c(OC(=O)O)ncc2c1c1c(OCc3ccccc3)cccc1n2CC(=O)N(C)CCc1ccccc1. The Hall–Kier alpha value is -4.89. The minimum absolute atomic E-state index is 0.0456. The first-order valence-electron chi connectivity index (χ1n) is 13.2. The van der Waals surface area contributed by atoms with Crippen LogP contribution in [0.1, 0.15) is 16.7 Å². The number of hydrogen-bond donors (Lipinski definition) is 1. The summed E-state index contributed by atoms with van der Waals surface area (Å²) in [7, 11) is 3.31. The molecule has 41 heavy (non-hydrogen) atoms. The van der Waals surface area contributed by atoms with Gasteiger partial charge in [-0.15, -0.1) is 0 Å². The molecule has 3 aromatic carbocycles. The molecule has 5 rings (SSSR count). The van der Waals surface area contributed by atoms with Gasteiger partial charge in [0.05, 0.1) is 34.8 Å². The molecule has 0 saturated heterocycles. The fourth-order valence-electron chi connectivity index (χ4n) is 4.93. The maximum absolute atomic E-state index is 13.5. The summed E-state index contributed by atoms with van der Waals surface area (Å²) < 4.78 is 18.6. The van der Waals surface area contributed by atoms with Crippen molar-refractivity contribution in [3.63, 3.8) is 0 Å². The summed E-state index contributed by atoms with van der Waals surface area (Å²) in [4.78, 5) is 30.9. The van der Waals surface area contributed by atoms with Gasteiger partial charge in [-0.25, -0.2) is 9.78 Å². The van der Waals surface area contributed by atoms with Crippen LogP contribution in [0.4, 0.5) is 4.79 Å². The maximum atomic E-state index is 13.5. The number of likely N-dealkylation sites (N-methyl/N-ethyl adjacent to an activating group) is 1. The lowest BCUT2D eigenvalue weighted by atomic mass is 10.1. The van der Waals surface area contributed by atoms with Crippen molar-refractivity contribution in [1.82, 2.24) is 14.5 Å². The van der Waals surface area contributed by atoms with Crippen molar-refractivity contribution in [2.45, 2.75) is 26.2 Å². The monoisotopic (exact) mass is 553 g/mol. The number of pyridine rings is 1. The minimum atomic E-state index is -1.48. The van der Waals surface area contributed by atoms with Gasteiger partial charge in [-0.05, 0) is 29.7 Å². The van der Waals surface area contributed by atoms with E-state index in [0.29, 0.717) is 35.4 Å². The number of hydrogen-bond acceptors (Lipinski definition) is 6. The Bertz CT molecular complexity index is 1670. The molecule has 0 aliphatic rings. The molecule has 9 nitrogen and oxygen atoms in total. The van der Waals surface area contributed by atoms with Crippen molar-refractivity contribution in [2.24, 2.45) is 0 Å². The minimum Gasteiger partial charge on any atom is -0.488 e. The molecule has 0 aliphatic heterocycles. The first-order chi connectivity index (χ1) is 20.0. The highest BCUT2D eigenvalue weighted by molar-refractivity contribution is 6.13. The van der Waals surface area contributed by atoms with E-state index in [0.717, 1.165) is 28.5 Å². The Kier molecular flexibility index (Phi) is 8.45. The number of carbonyl (C=O) groups is 2. The fraction of sp³-hybridized carbons (Fsp3) is 0.219. The molecule has 9 heteroatoms. The molecule has 0 bridgehead atoms. The van der Waals surface area contributed by atoms with E-state index >= 15 is 0 Å². The zero-order valence-electron chi connectivity index (χ0n) is 22.9. The summed E-state index contributed by atoms with van der Waals surface area (Å²) in [5, 5.41) is 10.7. The molecule has 0 atom stereocenters. The van der Waals surface area contributed by atoms with Crippen molar-refractivity contribution in [1.29, 1.82) is 0 Å². The molecule has 1 amide bonds. The summed E-state index contributed by atoms with van der Waals surface area (Å²) >= 11 is 0. The third-order valence-electron chi connectivity index (χ3n) is 6.96. The van der Waals surface area contributed by atoms with Crippen LogP contribution >= 0.6 is 0 Å². The van der Waals surface area contributed by atoms with Crippen molar-refractivity contribution in [2.75, 3.05) is 20.7 Å². The number of methoxy groups -OCH3 is 1. The van der Waals surface area contributed by atoms with Crippen LogP contribution in [0.25, 0.3) is 21.8 Å². The number of nitrogens with zero attached hydrogens (tertiary/aromatic N) is 3. The van der Waals surface area contributed by atoms with Crippen molar-refractivity contribution >= 4 is 33.9 Å². The van der Waals surface area contributed by atoms with E-state index in [2.05, 4.69) is 4.98 Å². The second kappa shape index (κ2) is 12.5. The number of rotatable bonds is 11. The van der Waals surface area contributed by atoms with Crippen LogP contribution in [-0.2, 0) is 35.7 Å². The number of aromatic nitrogens is 2. The highest BCUT2D eigenvalue weighted by Gasteiger charge is 2.24. The summed E-state index contributed by atoms with van der Waals surface area (Å²) in [5.74, 6) is 0.439. The predicted octanol–water partition coefficient (Wildman–Crippen LogP) is 5.67. The lowest BCUT2D eigenvalue weighted by Gasteiger charge is -2.18. The van der Waals surface area contributed by atoms with Crippen molar-refractivity contribution < 1.29 is 28.9 Å². The highest BCUT2D eigenvalue weighted by atomic mass is 16.7. The molecular formula is C32H31N3O6. The van der Waals surface area contributed by atoms with E-state index < -0.39 is 6.16 Å². The Morgan fingerprint density at radius 2 is 1.59 bits per heavy atom. The van der Waals surface area contributed by atoms with Crippen LogP contribution in [0, 0.1) is 0 Å². The molecule has 0 aliphatic carbocycles. The number of amides is 1. The van der Waals surface area contributed by atoms with E-state index in [1.165, 1.54) is 13.3 Å². The highest BCUT2D eigenvalue weighted by Crippen LogP contribution is 2.40. The normalized spacial score (nSPS) is 11.1. The van der Waals surface area contributed by atoms with Crippen LogP contribution < -0.4 is 9.47 Å². The van der Waals surface area contributed by atoms with Gasteiger partial charge < -0.3 is 28.8 Å². The smallest absolute Gasteiger partial charge is 0.488 e. The zero-order valence-corrected chi connectivity index (χ0v) is 22.9. The molecule has 2 heterocycles. The van der Waals surface area contributed by atoms with E-state index in [-0.39, 0.29) is 24.9 Å². The molecule has 0 radical (unpaired) electrons. The molecule has 210 valence electrons. The number of carbonyl (C=O) groups excluding carboxylic acids is 1. The van der Waals surface area contributed by atoms with Crippen molar-refractivity contribution in [3.8, 4) is 11.6 Å². The maximum Gasteiger partial charge on any atom is 0.512 e.